The van der Waals surface area contributed by atoms with Crippen LogP contribution in [0.3, 0.4) is 0 Å². The Bertz CT molecular complexity index is 434. The van der Waals surface area contributed by atoms with Crippen molar-refractivity contribution in [3.05, 3.63) is 29.8 Å². The molecule has 2 rings (SSSR count). The molecule has 0 amide bonds. The quantitative estimate of drug-likeness (QED) is 0.757. The Balaban J connectivity index is 2.61. The highest BCUT2D eigenvalue weighted by molar-refractivity contribution is 7.98. The predicted octanol–water partition coefficient (Wildman–Crippen LogP) is 2.39. The van der Waals surface area contributed by atoms with Crippen molar-refractivity contribution in [1.82, 2.24) is 4.98 Å². The van der Waals surface area contributed by atoms with Gasteiger partial charge in [-0.15, -0.1) is 11.8 Å². The number of H-pyrrole nitrogens is 1. The number of para-hydroxylation sites is 1. The molecule has 0 radical (unpaired) electrons. The van der Waals surface area contributed by atoms with Gasteiger partial charge in [0.25, 0.3) is 0 Å². The summed E-state index contributed by atoms with van der Waals surface area (Å²) in [5.41, 5.74) is 8.18. The molecular weight excluding hydrogens is 192 g/mol. The van der Waals surface area contributed by atoms with Crippen LogP contribution in [0.1, 0.15) is 5.56 Å². The molecule has 3 N–H and O–H groups in total. The lowest BCUT2D eigenvalue weighted by Crippen LogP contribution is -2.02. The van der Waals surface area contributed by atoms with Gasteiger partial charge in [0, 0.05) is 10.9 Å². The Kier molecular flexibility index (Phi) is 2.79. The first kappa shape index (κ1) is 9.62. The van der Waals surface area contributed by atoms with Gasteiger partial charge in [-0.2, -0.15) is 0 Å². The number of nitrogens with two attached hydrogens (primary N) is 1. The van der Waals surface area contributed by atoms with Gasteiger partial charge >= 0.3 is 0 Å². The predicted molar refractivity (Wildman–Crippen MR) is 62.8 cm³/mol. The molecule has 0 spiro atoms. The van der Waals surface area contributed by atoms with E-state index in [1.54, 1.807) is 11.8 Å². The van der Waals surface area contributed by atoms with Crippen molar-refractivity contribution in [2.24, 2.45) is 5.73 Å². The van der Waals surface area contributed by atoms with E-state index in [4.69, 9.17) is 5.73 Å². The molecule has 0 bridgehead atoms. The van der Waals surface area contributed by atoms with E-state index in [2.05, 4.69) is 35.5 Å². The maximum atomic E-state index is 5.61. The van der Waals surface area contributed by atoms with Crippen molar-refractivity contribution in [3.8, 4) is 0 Å². The van der Waals surface area contributed by atoms with Gasteiger partial charge < -0.3 is 10.7 Å². The molecule has 1 aromatic heterocycles. The maximum Gasteiger partial charge on any atom is 0.0762 e. The molecule has 2 nitrogen and oxygen atoms in total. The summed E-state index contributed by atoms with van der Waals surface area (Å²) >= 11 is 1.75. The van der Waals surface area contributed by atoms with Crippen LogP contribution in [0.15, 0.2) is 29.3 Å². The second-order valence-corrected chi connectivity index (χ2v) is 4.04. The van der Waals surface area contributed by atoms with Gasteiger partial charge in [0.15, 0.2) is 0 Å². The number of fused-ring (bicyclic) bond motifs is 1. The summed E-state index contributed by atoms with van der Waals surface area (Å²) < 4.78 is 0. The SMILES string of the molecule is CSc1[nH]c2ccccc2c1CCN. The fourth-order valence-corrected chi connectivity index (χ4v) is 2.41. The van der Waals surface area contributed by atoms with Crippen molar-refractivity contribution < 1.29 is 0 Å². The molecule has 2 aromatic rings. The van der Waals surface area contributed by atoms with Crippen molar-refractivity contribution in [2.45, 2.75) is 11.4 Å². The number of hydrogen-bond donors (Lipinski definition) is 2. The number of aromatic nitrogens is 1. The molecular formula is C11H14N2S. The first-order valence-corrected chi connectivity index (χ1v) is 5.93. The van der Waals surface area contributed by atoms with Crippen LogP contribution in [0.25, 0.3) is 10.9 Å². The molecule has 14 heavy (non-hydrogen) atoms. The van der Waals surface area contributed by atoms with E-state index in [9.17, 15) is 0 Å². The normalized spacial score (nSPS) is 11.0. The smallest absolute Gasteiger partial charge is 0.0762 e. The summed E-state index contributed by atoms with van der Waals surface area (Å²) in [6.07, 6.45) is 3.03. The number of aromatic amines is 1. The van der Waals surface area contributed by atoms with Crippen LogP contribution in [0, 0.1) is 0 Å². The number of hydrogen-bond acceptors (Lipinski definition) is 2. The van der Waals surface area contributed by atoms with E-state index in [0.29, 0.717) is 6.54 Å². The molecule has 1 aromatic carbocycles. The molecule has 74 valence electrons. The summed E-state index contributed by atoms with van der Waals surface area (Å²) in [7, 11) is 0. The molecule has 0 aliphatic heterocycles. The molecule has 3 heteroatoms. The number of benzene rings is 1. The largest absolute Gasteiger partial charge is 0.350 e. The van der Waals surface area contributed by atoms with Gasteiger partial charge in [0.2, 0.25) is 0 Å². The Morgan fingerprint density at radius 3 is 2.86 bits per heavy atom. The molecule has 0 aliphatic carbocycles. The minimum atomic E-state index is 0.704. The van der Waals surface area contributed by atoms with Crippen molar-refractivity contribution in [3.63, 3.8) is 0 Å². The minimum Gasteiger partial charge on any atom is -0.350 e. The third kappa shape index (κ3) is 1.53. The lowest BCUT2D eigenvalue weighted by molar-refractivity contribution is 0.944. The number of thioether (sulfide) groups is 1. The second kappa shape index (κ2) is 4.07. The lowest BCUT2D eigenvalue weighted by atomic mass is 10.1. The number of rotatable bonds is 3. The van der Waals surface area contributed by atoms with Gasteiger partial charge in [-0.25, -0.2) is 0 Å². The Labute approximate surface area is 87.9 Å². The summed E-state index contributed by atoms with van der Waals surface area (Å²) in [6, 6.07) is 8.38. The zero-order valence-corrected chi connectivity index (χ0v) is 9.03. The van der Waals surface area contributed by atoms with Gasteiger partial charge in [-0.05, 0) is 30.9 Å². The second-order valence-electron chi connectivity index (χ2n) is 3.22. The molecule has 0 aliphatic rings. The van der Waals surface area contributed by atoms with Gasteiger partial charge in [0.05, 0.1) is 5.03 Å². The maximum absolute atomic E-state index is 5.61. The van der Waals surface area contributed by atoms with E-state index in [1.807, 2.05) is 0 Å². The summed E-state index contributed by atoms with van der Waals surface area (Å²) in [6.45, 7) is 0.704. The Morgan fingerprint density at radius 2 is 2.14 bits per heavy atom. The highest BCUT2D eigenvalue weighted by Crippen LogP contribution is 2.28. The third-order valence-corrected chi connectivity index (χ3v) is 3.13. The van der Waals surface area contributed by atoms with E-state index < -0.39 is 0 Å². The van der Waals surface area contributed by atoms with Crippen LogP contribution in [-0.2, 0) is 6.42 Å². The molecule has 0 unspecified atom stereocenters. The molecule has 0 saturated carbocycles. The van der Waals surface area contributed by atoms with Gasteiger partial charge in [-0.1, -0.05) is 18.2 Å². The van der Waals surface area contributed by atoms with Gasteiger partial charge in [-0.3, -0.25) is 0 Å². The molecule has 1 heterocycles. The van der Waals surface area contributed by atoms with Crippen LogP contribution in [0.2, 0.25) is 0 Å². The van der Waals surface area contributed by atoms with E-state index >= 15 is 0 Å². The minimum absolute atomic E-state index is 0.704. The van der Waals surface area contributed by atoms with Crippen LogP contribution in [-0.4, -0.2) is 17.8 Å². The third-order valence-electron chi connectivity index (χ3n) is 2.37. The van der Waals surface area contributed by atoms with Crippen LogP contribution >= 0.6 is 11.8 Å². The zero-order valence-electron chi connectivity index (χ0n) is 8.21. The summed E-state index contributed by atoms with van der Waals surface area (Å²) in [5.74, 6) is 0. The van der Waals surface area contributed by atoms with Crippen LogP contribution in [0.4, 0.5) is 0 Å². The van der Waals surface area contributed by atoms with Crippen molar-refractivity contribution in [2.75, 3.05) is 12.8 Å². The van der Waals surface area contributed by atoms with Gasteiger partial charge in [0.1, 0.15) is 0 Å². The first-order valence-electron chi connectivity index (χ1n) is 4.70. The standard InChI is InChI=1S/C11H14N2S/c1-14-11-9(6-7-12)8-4-2-3-5-10(8)13-11/h2-5,13H,6-7,12H2,1H3. The Hall–Kier alpha value is -0.930. The van der Waals surface area contributed by atoms with E-state index in [-0.39, 0.29) is 0 Å². The summed E-state index contributed by atoms with van der Waals surface area (Å²) in [4.78, 5) is 3.41. The topological polar surface area (TPSA) is 41.8 Å². The average molecular weight is 206 g/mol. The molecule has 0 atom stereocenters. The summed E-state index contributed by atoms with van der Waals surface area (Å²) in [5, 5.41) is 2.55. The van der Waals surface area contributed by atoms with Crippen molar-refractivity contribution in [1.29, 1.82) is 0 Å². The average Bonchev–Trinajstić information content (AvgIpc) is 2.58. The highest BCUT2D eigenvalue weighted by Gasteiger charge is 2.08. The number of nitrogens with one attached hydrogen (secondary N) is 1. The van der Waals surface area contributed by atoms with Crippen molar-refractivity contribution >= 4 is 22.7 Å². The van der Waals surface area contributed by atoms with E-state index in [1.165, 1.54) is 21.5 Å². The Morgan fingerprint density at radius 1 is 1.36 bits per heavy atom. The monoisotopic (exact) mass is 206 g/mol. The van der Waals surface area contributed by atoms with E-state index in [0.717, 1.165) is 6.42 Å². The fourth-order valence-electron chi connectivity index (χ4n) is 1.74. The molecule has 0 saturated heterocycles. The van der Waals surface area contributed by atoms with Crippen LogP contribution in [0.5, 0.6) is 0 Å². The highest BCUT2D eigenvalue weighted by atomic mass is 32.2. The molecule has 0 fully saturated rings. The zero-order chi connectivity index (χ0) is 9.97. The van der Waals surface area contributed by atoms with Crippen LogP contribution < -0.4 is 5.73 Å². The lowest BCUT2D eigenvalue weighted by Gasteiger charge is -1.98. The first-order chi connectivity index (χ1) is 6.86. The fraction of sp³-hybridized carbons (Fsp3) is 0.273.